The molecule has 0 fully saturated rings. The molecule has 0 aromatic rings. The second-order valence-corrected chi connectivity index (χ2v) is 6.71. The van der Waals surface area contributed by atoms with E-state index in [1.807, 2.05) is 0 Å². The number of rotatable bonds is 5. The summed E-state index contributed by atoms with van der Waals surface area (Å²) >= 11 is 0. The van der Waals surface area contributed by atoms with Gasteiger partial charge in [-0.15, -0.1) is 0 Å². The first-order chi connectivity index (χ1) is 6.46. The lowest BCUT2D eigenvalue weighted by atomic mass is 9.72. The van der Waals surface area contributed by atoms with Crippen molar-refractivity contribution in [3.63, 3.8) is 0 Å². The molecule has 92 valence electrons. The number of hydrogen-bond donors (Lipinski definition) is 2. The maximum atomic E-state index is 5.85. The van der Waals surface area contributed by atoms with E-state index in [2.05, 4.69) is 60.7 Å². The van der Waals surface area contributed by atoms with Gasteiger partial charge >= 0.3 is 0 Å². The average Bonchev–Trinajstić information content (AvgIpc) is 2.01. The molecule has 0 heterocycles. The molecule has 0 aliphatic heterocycles. The molecular formula is C13H30N2. The van der Waals surface area contributed by atoms with E-state index in [-0.39, 0.29) is 16.5 Å². The Kier molecular flexibility index (Phi) is 4.40. The van der Waals surface area contributed by atoms with E-state index in [9.17, 15) is 0 Å². The third kappa shape index (κ3) is 3.46. The van der Waals surface area contributed by atoms with Crippen molar-refractivity contribution in [2.45, 2.75) is 66.5 Å². The molecule has 0 saturated heterocycles. The molecule has 0 aromatic heterocycles. The lowest BCUT2D eigenvalue weighted by Gasteiger charge is -2.48. The van der Waals surface area contributed by atoms with Crippen LogP contribution in [0, 0.1) is 11.3 Å². The van der Waals surface area contributed by atoms with Crippen LogP contribution < -0.4 is 11.1 Å². The highest BCUT2D eigenvalue weighted by Crippen LogP contribution is 2.32. The summed E-state index contributed by atoms with van der Waals surface area (Å²) in [5, 5.41) is 3.74. The zero-order chi connectivity index (χ0) is 12.5. The second-order valence-electron chi connectivity index (χ2n) is 6.71. The van der Waals surface area contributed by atoms with Crippen molar-refractivity contribution >= 4 is 0 Å². The van der Waals surface area contributed by atoms with Gasteiger partial charge in [0, 0.05) is 11.1 Å². The summed E-state index contributed by atoms with van der Waals surface area (Å²) in [6.45, 7) is 18.6. The van der Waals surface area contributed by atoms with Crippen molar-refractivity contribution in [1.82, 2.24) is 5.32 Å². The van der Waals surface area contributed by atoms with Gasteiger partial charge in [-0.25, -0.2) is 0 Å². The van der Waals surface area contributed by atoms with Gasteiger partial charge in [0.05, 0.1) is 0 Å². The Bertz CT molecular complexity index is 203. The molecule has 0 unspecified atom stereocenters. The highest BCUT2D eigenvalue weighted by atomic mass is 15.1. The molecule has 0 radical (unpaired) electrons. The van der Waals surface area contributed by atoms with Crippen LogP contribution in [0.3, 0.4) is 0 Å². The Labute approximate surface area is 96.0 Å². The van der Waals surface area contributed by atoms with E-state index in [0.717, 1.165) is 0 Å². The highest BCUT2D eigenvalue weighted by molar-refractivity contribution is 4.99. The zero-order valence-corrected chi connectivity index (χ0v) is 11.9. The quantitative estimate of drug-likeness (QED) is 0.738. The smallest absolute Gasteiger partial charge is 0.0193 e. The molecule has 0 spiro atoms. The monoisotopic (exact) mass is 214 g/mol. The molecular weight excluding hydrogens is 184 g/mol. The summed E-state index contributed by atoms with van der Waals surface area (Å²) in [5.74, 6) is 0.602. The van der Waals surface area contributed by atoms with Crippen molar-refractivity contribution in [3.05, 3.63) is 0 Å². The van der Waals surface area contributed by atoms with E-state index < -0.39 is 0 Å². The van der Waals surface area contributed by atoms with Crippen LogP contribution in [0.2, 0.25) is 0 Å². The Morgan fingerprint density at radius 3 is 1.67 bits per heavy atom. The van der Waals surface area contributed by atoms with Gasteiger partial charge in [-0.2, -0.15) is 0 Å². The van der Waals surface area contributed by atoms with E-state index in [4.69, 9.17) is 5.73 Å². The summed E-state index contributed by atoms with van der Waals surface area (Å²) in [7, 11) is 0. The lowest BCUT2D eigenvalue weighted by molar-refractivity contribution is 0.102. The van der Waals surface area contributed by atoms with Gasteiger partial charge in [-0.05, 0) is 45.6 Å². The van der Waals surface area contributed by atoms with Crippen LogP contribution in [-0.2, 0) is 0 Å². The summed E-state index contributed by atoms with van der Waals surface area (Å²) in [4.78, 5) is 0. The highest BCUT2D eigenvalue weighted by Gasteiger charge is 2.40. The average molecular weight is 214 g/mol. The number of nitrogens with one attached hydrogen (secondary N) is 1. The molecule has 0 atom stereocenters. The van der Waals surface area contributed by atoms with E-state index >= 15 is 0 Å². The molecule has 2 nitrogen and oxygen atoms in total. The van der Waals surface area contributed by atoms with Gasteiger partial charge in [-0.1, -0.05) is 27.7 Å². The van der Waals surface area contributed by atoms with E-state index in [1.54, 1.807) is 0 Å². The summed E-state index contributed by atoms with van der Waals surface area (Å²) < 4.78 is 0. The largest absolute Gasteiger partial charge is 0.330 e. The first kappa shape index (κ1) is 14.9. The fourth-order valence-corrected chi connectivity index (χ4v) is 1.37. The zero-order valence-electron chi connectivity index (χ0n) is 11.9. The van der Waals surface area contributed by atoms with Crippen LogP contribution in [0.15, 0.2) is 0 Å². The maximum Gasteiger partial charge on any atom is 0.0193 e. The van der Waals surface area contributed by atoms with Crippen molar-refractivity contribution in [1.29, 1.82) is 0 Å². The number of hydrogen-bond acceptors (Lipinski definition) is 2. The standard InChI is InChI=1S/C13H30N2/c1-10(2)12(5,6)15-13(7,8)11(3,4)9-14/h10,15H,9,14H2,1-8H3. The Morgan fingerprint density at radius 1 is 1.00 bits per heavy atom. The van der Waals surface area contributed by atoms with Gasteiger partial charge in [0.2, 0.25) is 0 Å². The van der Waals surface area contributed by atoms with Crippen LogP contribution >= 0.6 is 0 Å². The van der Waals surface area contributed by atoms with Crippen molar-refractivity contribution in [2.24, 2.45) is 17.1 Å². The molecule has 0 saturated carbocycles. The predicted octanol–water partition coefficient (Wildman–Crippen LogP) is 2.77. The van der Waals surface area contributed by atoms with Gasteiger partial charge in [0.15, 0.2) is 0 Å². The molecule has 15 heavy (non-hydrogen) atoms. The summed E-state index contributed by atoms with van der Waals surface area (Å²) in [6.07, 6.45) is 0. The minimum Gasteiger partial charge on any atom is -0.330 e. The third-order valence-corrected chi connectivity index (χ3v) is 4.28. The normalized spacial score (nSPS) is 14.8. The Balaban J connectivity index is 4.79. The van der Waals surface area contributed by atoms with E-state index in [0.29, 0.717) is 12.5 Å². The van der Waals surface area contributed by atoms with Crippen LogP contribution in [0.1, 0.15) is 55.4 Å². The maximum absolute atomic E-state index is 5.85. The fourth-order valence-electron chi connectivity index (χ4n) is 1.37. The van der Waals surface area contributed by atoms with Gasteiger partial charge < -0.3 is 11.1 Å². The predicted molar refractivity (Wildman–Crippen MR) is 69.0 cm³/mol. The van der Waals surface area contributed by atoms with Gasteiger partial charge in [0.1, 0.15) is 0 Å². The van der Waals surface area contributed by atoms with E-state index in [1.165, 1.54) is 0 Å². The number of nitrogens with two attached hydrogens (primary N) is 1. The SMILES string of the molecule is CC(C)C(C)(C)NC(C)(C)C(C)(C)CN. The Hall–Kier alpha value is -0.0800. The van der Waals surface area contributed by atoms with Crippen molar-refractivity contribution in [3.8, 4) is 0 Å². The molecule has 0 aromatic carbocycles. The van der Waals surface area contributed by atoms with Crippen LogP contribution in [0.5, 0.6) is 0 Å². The molecule has 0 bridgehead atoms. The summed E-state index contributed by atoms with van der Waals surface area (Å²) in [6, 6.07) is 0. The van der Waals surface area contributed by atoms with Crippen LogP contribution in [-0.4, -0.2) is 17.6 Å². The van der Waals surface area contributed by atoms with Crippen molar-refractivity contribution in [2.75, 3.05) is 6.54 Å². The van der Waals surface area contributed by atoms with Gasteiger partial charge in [0.25, 0.3) is 0 Å². The molecule has 3 N–H and O–H groups in total. The third-order valence-electron chi connectivity index (χ3n) is 4.28. The second kappa shape index (κ2) is 4.42. The van der Waals surface area contributed by atoms with Gasteiger partial charge in [-0.3, -0.25) is 0 Å². The summed E-state index contributed by atoms with van der Waals surface area (Å²) in [5.41, 5.74) is 6.12. The lowest BCUT2D eigenvalue weighted by Crippen LogP contribution is -2.62. The minimum absolute atomic E-state index is 0.0372. The molecule has 0 amide bonds. The minimum atomic E-state index is 0.0372. The fraction of sp³-hybridized carbons (Fsp3) is 1.00. The molecule has 0 aliphatic carbocycles. The first-order valence-electron chi connectivity index (χ1n) is 5.96. The molecule has 0 aliphatic rings. The van der Waals surface area contributed by atoms with Crippen molar-refractivity contribution < 1.29 is 0 Å². The first-order valence-corrected chi connectivity index (χ1v) is 5.96. The Morgan fingerprint density at radius 2 is 1.40 bits per heavy atom. The molecule has 0 rings (SSSR count). The van der Waals surface area contributed by atoms with Crippen LogP contribution in [0.4, 0.5) is 0 Å². The van der Waals surface area contributed by atoms with Crippen LogP contribution in [0.25, 0.3) is 0 Å². The molecule has 2 heteroatoms. The topological polar surface area (TPSA) is 38.0 Å².